The normalized spacial score (nSPS) is 24.1. The summed E-state index contributed by atoms with van der Waals surface area (Å²) >= 11 is 0. The van der Waals surface area contributed by atoms with Gasteiger partial charge < -0.3 is 9.47 Å². The Morgan fingerprint density at radius 2 is 2.45 bits per heavy atom. The molecule has 1 rings (SSSR count). The Morgan fingerprint density at radius 3 is 3.00 bits per heavy atom. The molecular weight excluding hydrogens is 148 g/mol. The number of cyclic esters (lactones) is 1. The van der Waals surface area contributed by atoms with Crippen molar-refractivity contribution in [2.24, 2.45) is 0 Å². The van der Waals surface area contributed by atoms with Crippen LogP contribution in [-0.4, -0.2) is 24.6 Å². The van der Waals surface area contributed by atoms with E-state index >= 15 is 0 Å². The molecule has 0 aromatic heterocycles. The fourth-order valence-electron chi connectivity index (χ4n) is 0.986. The van der Waals surface area contributed by atoms with Crippen LogP contribution in [0.5, 0.6) is 0 Å². The average molecular weight is 158 g/mol. The molecule has 0 bridgehead atoms. The number of carbonyl (C=O) groups excluding carboxylic acids is 2. The number of carbonyl (C=O) groups is 2. The lowest BCUT2D eigenvalue weighted by molar-refractivity contribution is -0.161. The predicted molar refractivity (Wildman–Crippen MR) is 35.7 cm³/mol. The maximum Gasteiger partial charge on any atom is 0.309 e. The molecule has 0 amide bonds. The van der Waals surface area contributed by atoms with Crippen LogP contribution >= 0.6 is 0 Å². The molecule has 0 aliphatic carbocycles. The van der Waals surface area contributed by atoms with E-state index in [1.165, 1.54) is 6.92 Å². The van der Waals surface area contributed by atoms with E-state index in [0.717, 1.165) is 0 Å². The summed E-state index contributed by atoms with van der Waals surface area (Å²) in [6, 6.07) is 0. The van der Waals surface area contributed by atoms with Gasteiger partial charge in [0.15, 0.2) is 0 Å². The minimum atomic E-state index is -0.343. The molecule has 0 radical (unpaired) electrons. The van der Waals surface area contributed by atoms with Crippen molar-refractivity contribution >= 4 is 11.9 Å². The van der Waals surface area contributed by atoms with Crippen molar-refractivity contribution in [3.63, 3.8) is 0 Å². The fourth-order valence-corrected chi connectivity index (χ4v) is 0.986. The Kier molecular flexibility index (Phi) is 2.46. The molecule has 1 saturated heterocycles. The number of ether oxygens (including phenoxy) is 2. The van der Waals surface area contributed by atoms with Gasteiger partial charge in [-0.05, 0) is 0 Å². The number of esters is 2. The van der Waals surface area contributed by atoms with Crippen molar-refractivity contribution in [1.82, 2.24) is 0 Å². The summed E-state index contributed by atoms with van der Waals surface area (Å²) in [5.74, 6) is -0.632. The molecule has 11 heavy (non-hydrogen) atoms. The highest BCUT2D eigenvalue weighted by molar-refractivity contribution is 5.72. The second-order valence-corrected chi connectivity index (χ2v) is 2.44. The summed E-state index contributed by atoms with van der Waals surface area (Å²) in [5.41, 5.74) is 0. The maximum atomic E-state index is 10.6. The molecule has 4 heteroatoms. The Balaban J connectivity index is 2.34. The molecule has 1 unspecified atom stereocenters. The van der Waals surface area contributed by atoms with Crippen LogP contribution in [0, 0.1) is 0 Å². The number of rotatable bonds is 1. The Morgan fingerprint density at radius 1 is 1.73 bits per heavy atom. The van der Waals surface area contributed by atoms with Gasteiger partial charge in [-0.2, -0.15) is 0 Å². The first-order valence-electron chi connectivity index (χ1n) is 3.51. The van der Waals surface area contributed by atoms with Crippen LogP contribution in [0.15, 0.2) is 0 Å². The first-order chi connectivity index (χ1) is 5.18. The van der Waals surface area contributed by atoms with Crippen molar-refractivity contribution in [2.75, 3.05) is 6.61 Å². The molecule has 1 fully saturated rings. The molecule has 0 spiro atoms. The van der Waals surface area contributed by atoms with Gasteiger partial charge in [-0.25, -0.2) is 0 Å². The van der Waals surface area contributed by atoms with Crippen LogP contribution in [0.4, 0.5) is 0 Å². The van der Waals surface area contributed by atoms with E-state index < -0.39 is 0 Å². The average Bonchev–Trinajstić information content (AvgIpc) is 1.85. The minimum absolute atomic E-state index is 0.194. The van der Waals surface area contributed by atoms with E-state index in [4.69, 9.17) is 4.74 Å². The largest absolute Gasteiger partial charge is 0.465 e. The SMILES string of the molecule is CC(=O)OC1CCOC(=O)C1. The van der Waals surface area contributed by atoms with Gasteiger partial charge in [0, 0.05) is 13.3 Å². The van der Waals surface area contributed by atoms with E-state index in [0.29, 0.717) is 13.0 Å². The van der Waals surface area contributed by atoms with Crippen LogP contribution in [0.25, 0.3) is 0 Å². The molecule has 1 atom stereocenters. The lowest BCUT2D eigenvalue weighted by Crippen LogP contribution is -2.28. The van der Waals surface area contributed by atoms with Crippen molar-refractivity contribution in [3.8, 4) is 0 Å². The van der Waals surface area contributed by atoms with E-state index in [9.17, 15) is 9.59 Å². The molecule has 4 nitrogen and oxygen atoms in total. The van der Waals surface area contributed by atoms with E-state index in [-0.39, 0.29) is 24.5 Å². The molecule has 1 aliphatic rings. The molecule has 1 heterocycles. The minimum Gasteiger partial charge on any atom is -0.465 e. The summed E-state index contributed by atoms with van der Waals surface area (Å²) < 4.78 is 9.48. The third-order valence-corrected chi connectivity index (χ3v) is 1.43. The van der Waals surface area contributed by atoms with Gasteiger partial charge in [0.2, 0.25) is 0 Å². The summed E-state index contributed by atoms with van der Waals surface area (Å²) in [6.07, 6.45) is 0.541. The smallest absolute Gasteiger partial charge is 0.309 e. The van der Waals surface area contributed by atoms with E-state index in [2.05, 4.69) is 4.74 Å². The molecule has 0 N–H and O–H groups in total. The van der Waals surface area contributed by atoms with Crippen molar-refractivity contribution in [3.05, 3.63) is 0 Å². The number of hydrogen-bond donors (Lipinski definition) is 0. The van der Waals surface area contributed by atoms with Gasteiger partial charge in [-0.1, -0.05) is 0 Å². The zero-order chi connectivity index (χ0) is 8.27. The van der Waals surface area contributed by atoms with E-state index in [1.54, 1.807) is 0 Å². The van der Waals surface area contributed by atoms with Crippen LogP contribution < -0.4 is 0 Å². The first kappa shape index (κ1) is 8.04. The first-order valence-corrected chi connectivity index (χ1v) is 3.51. The highest BCUT2D eigenvalue weighted by atomic mass is 16.6. The molecule has 62 valence electrons. The molecular formula is C7H10O4. The number of hydrogen-bond acceptors (Lipinski definition) is 4. The molecule has 0 aromatic carbocycles. The van der Waals surface area contributed by atoms with Crippen molar-refractivity contribution in [1.29, 1.82) is 0 Å². The quantitative estimate of drug-likeness (QED) is 0.513. The third-order valence-electron chi connectivity index (χ3n) is 1.43. The summed E-state index contributed by atoms with van der Waals surface area (Å²) in [5, 5.41) is 0. The van der Waals surface area contributed by atoms with Gasteiger partial charge in [0.05, 0.1) is 13.0 Å². The Labute approximate surface area is 64.5 Å². The third kappa shape index (κ3) is 2.57. The fraction of sp³-hybridized carbons (Fsp3) is 0.714. The highest BCUT2D eigenvalue weighted by Crippen LogP contribution is 2.11. The van der Waals surface area contributed by atoms with Gasteiger partial charge >= 0.3 is 11.9 Å². The summed E-state index contributed by atoms with van der Waals surface area (Å²) in [6.45, 7) is 1.69. The van der Waals surface area contributed by atoms with Gasteiger partial charge in [0.25, 0.3) is 0 Å². The second-order valence-electron chi connectivity index (χ2n) is 2.44. The summed E-state index contributed by atoms with van der Waals surface area (Å²) in [4.78, 5) is 21.1. The zero-order valence-electron chi connectivity index (χ0n) is 6.33. The lowest BCUT2D eigenvalue weighted by atomic mass is 10.1. The lowest BCUT2D eigenvalue weighted by Gasteiger charge is -2.20. The summed E-state index contributed by atoms with van der Waals surface area (Å²) in [7, 11) is 0. The van der Waals surface area contributed by atoms with E-state index in [1.807, 2.05) is 0 Å². The highest BCUT2D eigenvalue weighted by Gasteiger charge is 2.22. The predicted octanol–water partition coefficient (Wildman–Crippen LogP) is 0.255. The van der Waals surface area contributed by atoms with Crippen LogP contribution in [0.2, 0.25) is 0 Å². The zero-order valence-corrected chi connectivity index (χ0v) is 6.33. The second kappa shape index (κ2) is 3.37. The van der Waals surface area contributed by atoms with Crippen LogP contribution in [0.3, 0.4) is 0 Å². The van der Waals surface area contributed by atoms with Crippen LogP contribution in [-0.2, 0) is 19.1 Å². The topological polar surface area (TPSA) is 52.6 Å². The van der Waals surface area contributed by atoms with Gasteiger partial charge in [-0.15, -0.1) is 0 Å². The standard InChI is InChI=1S/C7H10O4/c1-5(8)11-6-2-3-10-7(9)4-6/h6H,2-4H2,1H3. The molecule has 0 aromatic rings. The van der Waals surface area contributed by atoms with Crippen LogP contribution in [0.1, 0.15) is 19.8 Å². The van der Waals surface area contributed by atoms with Crippen molar-refractivity contribution < 1.29 is 19.1 Å². The Hall–Kier alpha value is -1.06. The van der Waals surface area contributed by atoms with Crippen molar-refractivity contribution in [2.45, 2.75) is 25.9 Å². The van der Waals surface area contributed by atoms with Gasteiger partial charge in [-0.3, -0.25) is 9.59 Å². The molecule has 0 saturated carbocycles. The monoisotopic (exact) mass is 158 g/mol. The molecule has 1 aliphatic heterocycles. The maximum absolute atomic E-state index is 10.6. The van der Waals surface area contributed by atoms with Gasteiger partial charge in [0.1, 0.15) is 6.10 Å². The Bertz CT molecular complexity index is 173.